The fourth-order valence-corrected chi connectivity index (χ4v) is 0.991. The number of ether oxygens (including phenoxy) is 1. The first-order valence-electron chi connectivity index (χ1n) is 5.02. The Morgan fingerprint density at radius 3 is 2.07 bits per heavy atom. The Kier molecular flexibility index (Phi) is 4.59. The summed E-state index contributed by atoms with van der Waals surface area (Å²) >= 11 is 0. The summed E-state index contributed by atoms with van der Waals surface area (Å²) in [5, 5.41) is 4.32. The van der Waals surface area contributed by atoms with Gasteiger partial charge in [-0.3, -0.25) is 0 Å². The monoisotopic (exact) mass is 200 g/mol. The lowest BCUT2D eigenvalue weighted by atomic mass is 10.0. The maximum Gasteiger partial charge on any atom is 0.0675 e. The summed E-state index contributed by atoms with van der Waals surface area (Å²) < 4.78 is 5.33. The molecule has 0 atom stereocenters. The molecular weight excluding hydrogens is 176 g/mol. The molecule has 0 aliphatic heterocycles. The van der Waals surface area contributed by atoms with E-state index in [-0.39, 0.29) is 11.1 Å². The van der Waals surface area contributed by atoms with Crippen molar-refractivity contribution in [2.45, 2.75) is 59.1 Å². The second kappa shape index (κ2) is 4.78. The Balaban J connectivity index is 4.15. The van der Waals surface area contributed by atoms with E-state index in [9.17, 15) is 0 Å². The van der Waals surface area contributed by atoms with Crippen LogP contribution in [-0.2, 0) is 4.74 Å². The van der Waals surface area contributed by atoms with Crippen LogP contribution in [0.3, 0.4) is 0 Å². The van der Waals surface area contributed by atoms with Crippen LogP contribution in [0.15, 0.2) is 5.10 Å². The fourth-order valence-electron chi connectivity index (χ4n) is 0.991. The minimum Gasteiger partial charge on any atom is -0.378 e. The van der Waals surface area contributed by atoms with Crippen LogP contribution in [0.5, 0.6) is 0 Å². The van der Waals surface area contributed by atoms with E-state index >= 15 is 0 Å². The van der Waals surface area contributed by atoms with Gasteiger partial charge in [0, 0.05) is 24.8 Å². The Morgan fingerprint density at radius 1 is 1.21 bits per heavy atom. The van der Waals surface area contributed by atoms with Crippen molar-refractivity contribution in [2.75, 3.05) is 7.11 Å². The standard InChI is InChI=1S/C11H24N2O/c1-9(8-11(5,6)14-7)12-13-10(2,3)4/h13H,8H2,1-7H3. The molecule has 14 heavy (non-hydrogen) atoms. The lowest BCUT2D eigenvalue weighted by Gasteiger charge is -2.24. The molecule has 1 N–H and O–H groups in total. The Hall–Kier alpha value is -0.570. The van der Waals surface area contributed by atoms with E-state index in [4.69, 9.17) is 4.74 Å². The highest BCUT2D eigenvalue weighted by molar-refractivity contribution is 5.82. The van der Waals surface area contributed by atoms with Gasteiger partial charge in [-0.2, -0.15) is 5.10 Å². The maximum atomic E-state index is 5.33. The van der Waals surface area contributed by atoms with E-state index in [0.29, 0.717) is 0 Å². The summed E-state index contributed by atoms with van der Waals surface area (Å²) in [5.74, 6) is 0. The summed E-state index contributed by atoms with van der Waals surface area (Å²) in [5.41, 5.74) is 4.06. The highest BCUT2D eigenvalue weighted by atomic mass is 16.5. The molecule has 0 rings (SSSR count). The lowest BCUT2D eigenvalue weighted by Crippen LogP contribution is -2.33. The van der Waals surface area contributed by atoms with Gasteiger partial charge in [-0.15, -0.1) is 0 Å². The molecule has 0 saturated heterocycles. The van der Waals surface area contributed by atoms with Crippen molar-refractivity contribution in [3.63, 3.8) is 0 Å². The average molecular weight is 200 g/mol. The van der Waals surface area contributed by atoms with E-state index in [1.807, 2.05) is 6.92 Å². The third-order valence-corrected chi connectivity index (χ3v) is 1.82. The lowest BCUT2D eigenvalue weighted by molar-refractivity contribution is 0.0290. The van der Waals surface area contributed by atoms with Gasteiger partial charge in [-0.05, 0) is 41.5 Å². The summed E-state index contributed by atoms with van der Waals surface area (Å²) in [7, 11) is 1.73. The third-order valence-electron chi connectivity index (χ3n) is 1.82. The van der Waals surface area contributed by atoms with E-state index in [2.05, 4.69) is 45.1 Å². The van der Waals surface area contributed by atoms with E-state index in [1.54, 1.807) is 7.11 Å². The van der Waals surface area contributed by atoms with Crippen molar-refractivity contribution >= 4 is 5.71 Å². The number of hydrogen-bond acceptors (Lipinski definition) is 3. The third kappa shape index (κ3) is 6.89. The second-order valence-electron chi connectivity index (χ2n) is 5.35. The number of methoxy groups -OCH3 is 1. The molecule has 0 aromatic heterocycles. The molecule has 0 amide bonds. The molecule has 0 spiro atoms. The molecule has 0 fully saturated rings. The van der Waals surface area contributed by atoms with Crippen LogP contribution < -0.4 is 5.43 Å². The first-order valence-corrected chi connectivity index (χ1v) is 5.02. The molecule has 84 valence electrons. The molecule has 0 radical (unpaired) electrons. The normalized spacial score (nSPS) is 14.4. The van der Waals surface area contributed by atoms with Gasteiger partial charge < -0.3 is 10.2 Å². The molecular formula is C11H24N2O. The minimum atomic E-state index is -0.132. The molecule has 3 heteroatoms. The molecule has 0 saturated carbocycles. The van der Waals surface area contributed by atoms with Crippen LogP contribution in [0, 0.1) is 0 Å². The number of hydrogen-bond donors (Lipinski definition) is 1. The Labute approximate surface area is 87.9 Å². The predicted octanol–water partition coefficient (Wildman–Crippen LogP) is 2.57. The first kappa shape index (κ1) is 13.4. The molecule has 0 aliphatic rings. The molecule has 0 bridgehead atoms. The average Bonchev–Trinajstić information content (AvgIpc) is 1.99. The van der Waals surface area contributed by atoms with Crippen molar-refractivity contribution in [1.82, 2.24) is 5.43 Å². The molecule has 0 aromatic rings. The van der Waals surface area contributed by atoms with Crippen LogP contribution in [0.4, 0.5) is 0 Å². The summed E-state index contributed by atoms with van der Waals surface area (Å²) in [6.07, 6.45) is 0.840. The van der Waals surface area contributed by atoms with Crippen LogP contribution in [-0.4, -0.2) is 24.0 Å². The molecule has 0 aromatic carbocycles. The molecule has 0 heterocycles. The Bertz CT molecular complexity index is 202. The van der Waals surface area contributed by atoms with Gasteiger partial charge in [0.05, 0.1) is 5.60 Å². The van der Waals surface area contributed by atoms with Crippen molar-refractivity contribution < 1.29 is 4.74 Å². The van der Waals surface area contributed by atoms with Crippen LogP contribution >= 0.6 is 0 Å². The number of rotatable bonds is 4. The highest BCUT2D eigenvalue weighted by Gasteiger charge is 2.17. The smallest absolute Gasteiger partial charge is 0.0675 e. The highest BCUT2D eigenvalue weighted by Crippen LogP contribution is 2.13. The van der Waals surface area contributed by atoms with Gasteiger partial charge in [0.1, 0.15) is 0 Å². The molecule has 0 aliphatic carbocycles. The minimum absolute atomic E-state index is 0.0263. The fraction of sp³-hybridized carbons (Fsp3) is 0.909. The molecule has 3 nitrogen and oxygen atoms in total. The number of nitrogens with zero attached hydrogens (tertiary/aromatic N) is 1. The zero-order valence-corrected chi connectivity index (χ0v) is 10.6. The SMILES string of the molecule is COC(C)(C)CC(C)=NNC(C)(C)C. The molecule has 0 unspecified atom stereocenters. The van der Waals surface area contributed by atoms with E-state index in [0.717, 1.165) is 12.1 Å². The van der Waals surface area contributed by atoms with Crippen LogP contribution in [0.25, 0.3) is 0 Å². The van der Waals surface area contributed by atoms with Gasteiger partial charge >= 0.3 is 0 Å². The predicted molar refractivity (Wildman–Crippen MR) is 61.7 cm³/mol. The van der Waals surface area contributed by atoms with Crippen LogP contribution in [0.2, 0.25) is 0 Å². The maximum absolute atomic E-state index is 5.33. The van der Waals surface area contributed by atoms with Crippen molar-refractivity contribution in [3.8, 4) is 0 Å². The van der Waals surface area contributed by atoms with Gasteiger partial charge in [-0.1, -0.05) is 0 Å². The van der Waals surface area contributed by atoms with Gasteiger partial charge in [-0.25, -0.2) is 0 Å². The van der Waals surface area contributed by atoms with Crippen molar-refractivity contribution in [1.29, 1.82) is 0 Å². The zero-order chi connectivity index (χ0) is 11.4. The second-order valence-corrected chi connectivity index (χ2v) is 5.35. The first-order chi connectivity index (χ1) is 6.16. The van der Waals surface area contributed by atoms with E-state index in [1.165, 1.54) is 0 Å². The van der Waals surface area contributed by atoms with Gasteiger partial charge in [0.15, 0.2) is 0 Å². The summed E-state index contributed by atoms with van der Waals surface area (Å²) in [6, 6.07) is 0. The van der Waals surface area contributed by atoms with Crippen molar-refractivity contribution in [3.05, 3.63) is 0 Å². The number of nitrogens with one attached hydrogen (secondary N) is 1. The van der Waals surface area contributed by atoms with Crippen molar-refractivity contribution in [2.24, 2.45) is 5.10 Å². The van der Waals surface area contributed by atoms with E-state index < -0.39 is 0 Å². The van der Waals surface area contributed by atoms with Gasteiger partial charge in [0.2, 0.25) is 0 Å². The topological polar surface area (TPSA) is 33.6 Å². The summed E-state index contributed by atoms with van der Waals surface area (Å²) in [4.78, 5) is 0. The quantitative estimate of drug-likeness (QED) is 0.559. The number of hydrazone groups is 1. The summed E-state index contributed by atoms with van der Waals surface area (Å²) in [6.45, 7) is 12.4. The Morgan fingerprint density at radius 2 is 1.71 bits per heavy atom. The van der Waals surface area contributed by atoms with Gasteiger partial charge in [0.25, 0.3) is 0 Å². The largest absolute Gasteiger partial charge is 0.378 e. The zero-order valence-electron chi connectivity index (χ0n) is 10.6. The van der Waals surface area contributed by atoms with Crippen LogP contribution in [0.1, 0.15) is 48.0 Å².